The largest absolute Gasteiger partial charge is 0.388 e. The zero-order valence-corrected chi connectivity index (χ0v) is 10.9. The second-order valence-electron chi connectivity index (χ2n) is 4.34. The first kappa shape index (κ1) is 13.8. The maximum Gasteiger partial charge on any atom is 0.0807 e. The minimum Gasteiger partial charge on any atom is -0.388 e. The van der Waals surface area contributed by atoms with Crippen molar-refractivity contribution in [1.82, 2.24) is 0 Å². The van der Waals surface area contributed by atoms with Crippen molar-refractivity contribution in [1.29, 1.82) is 0 Å². The summed E-state index contributed by atoms with van der Waals surface area (Å²) in [6.07, 6.45) is 4.45. The molecule has 0 unspecified atom stereocenters. The molecule has 0 bridgehead atoms. The second-order valence-corrected chi connectivity index (χ2v) is 4.34. The van der Waals surface area contributed by atoms with E-state index in [1.807, 2.05) is 31.2 Å². The van der Waals surface area contributed by atoms with Crippen molar-refractivity contribution in [3.63, 3.8) is 0 Å². The van der Waals surface area contributed by atoms with E-state index in [9.17, 15) is 5.11 Å². The Bertz CT molecular complexity index is 349. The van der Waals surface area contributed by atoms with E-state index in [0.717, 1.165) is 37.1 Å². The number of aliphatic hydroxyl groups is 1. The Morgan fingerprint density at radius 3 is 2.76 bits per heavy atom. The first-order valence-electron chi connectivity index (χ1n) is 6.29. The number of rotatable bonds is 7. The van der Waals surface area contributed by atoms with Gasteiger partial charge in [0.15, 0.2) is 0 Å². The lowest BCUT2D eigenvalue weighted by molar-refractivity contribution is 0.174. The van der Waals surface area contributed by atoms with Crippen LogP contribution in [0.3, 0.4) is 0 Å². The molecule has 0 radical (unpaired) electrons. The van der Waals surface area contributed by atoms with Crippen LogP contribution in [0.2, 0.25) is 0 Å². The average Bonchev–Trinajstić information content (AvgIpc) is 2.38. The third kappa shape index (κ3) is 3.90. The first-order chi connectivity index (χ1) is 8.20. The van der Waals surface area contributed by atoms with Gasteiger partial charge >= 0.3 is 0 Å². The van der Waals surface area contributed by atoms with E-state index in [4.69, 9.17) is 0 Å². The van der Waals surface area contributed by atoms with Crippen molar-refractivity contribution < 1.29 is 5.11 Å². The van der Waals surface area contributed by atoms with E-state index in [0.29, 0.717) is 0 Å². The molecule has 0 spiro atoms. The van der Waals surface area contributed by atoms with Crippen LogP contribution in [0.25, 0.3) is 0 Å². The van der Waals surface area contributed by atoms with Crippen LogP contribution in [0.4, 0.5) is 5.69 Å². The number of benzene rings is 1. The lowest BCUT2D eigenvalue weighted by Gasteiger charge is -2.24. The van der Waals surface area contributed by atoms with Gasteiger partial charge in [0.25, 0.3) is 0 Å². The van der Waals surface area contributed by atoms with Crippen molar-refractivity contribution in [3.8, 4) is 0 Å². The van der Waals surface area contributed by atoms with Gasteiger partial charge in [0.1, 0.15) is 0 Å². The molecular formula is C15H23NO. The Labute approximate surface area is 105 Å². The number of hydrogen-bond donors (Lipinski definition) is 1. The Balaban J connectivity index is 2.77. The summed E-state index contributed by atoms with van der Waals surface area (Å²) in [5.74, 6) is 0. The summed E-state index contributed by atoms with van der Waals surface area (Å²) in [5, 5.41) is 9.99. The van der Waals surface area contributed by atoms with Crippen LogP contribution < -0.4 is 4.90 Å². The van der Waals surface area contributed by atoms with Crippen LogP contribution >= 0.6 is 0 Å². The fraction of sp³-hybridized carbons (Fsp3) is 0.467. The molecular weight excluding hydrogens is 210 g/mol. The van der Waals surface area contributed by atoms with Crippen molar-refractivity contribution in [3.05, 3.63) is 42.5 Å². The normalized spacial score (nSPS) is 12.2. The maximum atomic E-state index is 9.99. The minimum absolute atomic E-state index is 0.368. The fourth-order valence-electron chi connectivity index (χ4n) is 1.93. The van der Waals surface area contributed by atoms with Crippen LogP contribution in [-0.2, 0) is 0 Å². The molecule has 1 aromatic rings. The molecule has 0 saturated heterocycles. The van der Waals surface area contributed by atoms with Gasteiger partial charge in [-0.1, -0.05) is 31.2 Å². The Hall–Kier alpha value is -1.28. The molecule has 0 aliphatic carbocycles. The molecule has 1 atom stereocenters. The van der Waals surface area contributed by atoms with Gasteiger partial charge in [-0.05, 0) is 25.3 Å². The average molecular weight is 233 g/mol. The molecule has 0 heterocycles. The van der Waals surface area contributed by atoms with Gasteiger partial charge in [-0.25, -0.2) is 0 Å². The Morgan fingerprint density at radius 1 is 1.41 bits per heavy atom. The molecule has 2 nitrogen and oxygen atoms in total. The Morgan fingerprint density at radius 2 is 2.12 bits per heavy atom. The second kappa shape index (κ2) is 7.13. The summed E-state index contributed by atoms with van der Waals surface area (Å²) in [6.45, 7) is 6.72. The first-order valence-corrected chi connectivity index (χ1v) is 6.29. The molecule has 0 fully saturated rings. The van der Waals surface area contributed by atoms with Crippen molar-refractivity contribution in [2.24, 2.45) is 0 Å². The highest BCUT2D eigenvalue weighted by molar-refractivity contribution is 5.54. The molecule has 94 valence electrons. The summed E-state index contributed by atoms with van der Waals surface area (Å²) in [4.78, 5) is 2.21. The monoisotopic (exact) mass is 233 g/mol. The van der Waals surface area contributed by atoms with Gasteiger partial charge in [-0.3, -0.25) is 0 Å². The van der Waals surface area contributed by atoms with E-state index in [-0.39, 0.29) is 6.10 Å². The van der Waals surface area contributed by atoms with Crippen molar-refractivity contribution in [2.75, 3.05) is 18.5 Å². The molecule has 0 aromatic heterocycles. The number of unbranched alkanes of at least 4 members (excludes halogenated alkanes) is 1. The van der Waals surface area contributed by atoms with Gasteiger partial charge < -0.3 is 10.0 Å². The van der Waals surface area contributed by atoms with Crippen LogP contribution in [0.1, 0.15) is 37.9 Å². The smallest absolute Gasteiger partial charge is 0.0807 e. The van der Waals surface area contributed by atoms with Crippen LogP contribution in [0.15, 0.2) is 36.9 Å². The number of allylic oxidation sites excluding steroid dienone is 1. The summed E-state index contributed by atoms with van der Waals surface area (Å²) in [6, 6.07) is 8.08. The number of anilines is 1. The third-order valence-electron chi connectivity index (χ3n) is 3.00. The number of hydrogen-bond acceptors (Lipinski definition) is 2. The zero-order valence-electron chi connectivity index (χ0n) is 10.9. The lowest BCUT2D eigenvalue weighted by Crippen LogP contribution is -2.20. The van der Waals surface area contributed by atoms with E-state index in [2.05, 4.69) is 24.6 Å². The predicted octanol–water partition coefficient (Wildman–Crippen LogP) is 3.53. The highest BCUT2D eigenvalue weighted by atomic mass is 16.3. The highest BCUT2D eigenvalue weighted by Gasteiger charge is 2.12. The summed E-state index contributed by atoms with van der Waals surface area (Å²) >= 11 is 0. The summed E-state index contributed by atoms with van der Waals surface area (Å²) in [5.41, 5.74) is 2.15. The quantitative estimate of drug-likeness (QED) is 0.575. The third-order valence-corrected chi connectivity index (χ3v) is 3.00. The van der Waals surface area contributed by atoms with Gasteiger partial charge in [-0.2, -0.15) is 0 Å². The molecule has 1 N–H and O–H groups in total. The number of aliphatic hydroxyl groups excluding tert-OH is 1. The van der Waals surface area contributed by atoms with Gasteiger partial charge in [0.05, 0.1) is 6.10 Å². The predicted molar refractivity (Wildman–Crippen MR) is 74.4 cm³/mol. The maximum absolute atomic E-state index is 9.99. The van der Waals surface area contributed by atoms with E-state index < -0.39 is 0 Å². The molecule has 1 rings (SSSR count). The van der Waals surface area contributed by atoms with Crippen LogP contribution in [0, 0.1) is 0 Å². The van der Waals surface area contributed by atoms with E-state index >= 15 is 0 Å². The summed E-state index contributed by atoms with van der Waals surface area (Å²) in [7, 11) is 2.07. The molecule has 17 heavy (non-hydrogen) atoms. The van der Waals surface area contributed by atoms with Crippen LogP contribution in [-0.4, -0.2) is 18.7 Å². The molecule has 0 aliphatic rings. The lowest BCUT2D eigenvalue weighted by atomic mass is 10.0. The topological polar surface area (TPSA) is 23.5 Å². The van der Waals surface area contributed by atoms with Crippen molar-refractivity contribution in [2.45, 2.75) is 32.3 Å². The van der Waals surface area contributed by atoms with Crippen molar-refractivity contribution >= 4 is 5.69 Å². The van der Waals surface area contributed by atoms with Gasteiger partial charge in [0.2, 0.25) is 0 Å². The SMILES string of the molecule is C=CCCCN(C)c1ccccc1[C@H](O)CC. The molecule has 0 aliphatic heterocycles. The van der Waals surface area contributed by atoms with Crippen LogP contribution in [0.5, 0.6) is 0 Å². The highest BCUT2D eigenvalue weighted by Crippen LogP contribution is 2.27. The standard InChI is InChI=1S/C15H23NO/c1-4-6-9-12-16(3)14-11-8-7-10-13(14)15(17)5-2/h4,7-8,10-11,15,17H,1,5-6,9,12H2,2-3H3/t15-/m1/s1. The van der Waals surface area contributed by atoms with Gasteiger partial charge in [-0.15, -0.1) is 6.58 Å². The van der Waals surface area contributed by atoms with E-state index in [1.54, 1.807) is 0 Å². The summed E-state index contributed by atoms with van der Waals surface area (Å²) < 4.78 is 0. The van der Waals surface area contributed by atoms with E-state index in [1.165, 1.54) is 0 Å². The van der Waals surface area contributed by atoms with Gasteiger partial charge in [0, 0.05) is 24.8 Å². The molecule has 0 saturated carbocycles. The fourth-order valence-corrected chi connectivity index (χ4v) is 1.93. The number of para-hydroxylation sites is 1. The molecule has 2 heteroatoms. The molecule has 1 aromatic carbocycles. The molecule has 0 amide bonds. The zero-order chi connectivity index (χ0) is 12.7. The number of nitrogens with zero attached hydrogens (tertiary/aromatic N) is 1. The Kier molecular flexibility index (Phi) is 5.78. The minimum atomic E-state index is -0.368.